The van der Waals surface area contributed by atoms with E-state index in [2.05, 4.69) is 22.8 Å². The van der Waals surface area contributed by atoms with Gasteiger partial charge in [-0.2, -0.15) is 0 Å². The number of rotatable bonds is 9. The van der Waals surface area contributed by atoms with Crippen LogP contribution in [-0.2, 0) is 6.42 Å². The first-order chi connectivity index (χ1) is 15.1. The fourth-order valence-corrected chi connectivity index (χ4v) is 3.06. The van der Waals surface area contributed by atoms with E-state index in [0.717, 1.165) is 24.3 Å². The molecule has 1 amide bonds. The third-order valence-corrected chi connectivity index (χ3v) is 4.61. The number of thiocarbonyl (C=S) groups is 1. The maximum atomic E-state index is 12.4. The van der Waals surface area contributed by atoms with E-state index in [4.69, 9.17) is 21.7 Å². The topological polar surface area (TPSA) is 59.6 Å². The quantitative estimate of drug-likeness (QED) is 0.452. The summed E-state index contributed by atoms with van der Waals surface area (Å²) in [6, 6.07) is 24.7. The average molecular weight is 435 g/mol. The van der Waals surface area contributed by atoms with Gasteiger partial charge in [-0.1, -0.05) is 43.3 Å². The van der Waals surface area contributed by atoms with Crippen molar-refractivity contribution in [3.63, 3.8) is 0 Å². The summed E-state index contributed by atoms with van der Waals surface area (Å²) in [7, 11) is 0. The molecule has 5 nitrogen and oxygen atoms in total. The lowest BCUT2D eigenvalue weighted by molar-refractivity contribution is 0.0977. The number of hydrogen-bond donors (Lipinski definition) is 2. The van der Waals surface area contributed by atoms with Crippen LogP contribution in [-0.4, -0.2) is 24.2 Å². The Labute approximate surface area is 188 Å². The minimum atomic E-state index is -0.291. The summed E-state index contributed by atoms with van der Waals surface area (Å²) in [5, 5.41) is 5.93. The van der Waals surface area contributed by atoms with Crippen LogP contribution in [0, 0.1) is 0 Å². The van der Waals surface area contributed by atoms with E-state index in [-0.39, 0.29) is 11.0 Å². The van der Waals surface area contributed by atoms with Crippen LogP contribution in [0.2, 0.25) is 0 Å². The third kappa shape index (κ3) is 7.42. The molecule has 0 aliphatic rings. The molecule has 6 heteroatoms. The molecular formula is C25H26N2O3S. The van der Waals surface area contributed by atoms with Gasteiger partial charge in [-0.15, -0.1) is 0 Å². The van der Waals surface area contributed by atoms with Crippen LogP contribution in [0.4, 0.5) is 5.69 Å². The Bertz CT molecular complexity index is 991. The summed E-state index contributed by atoms with van der Waals surface area (Å²) in [5.74, 6) is 1.15. The minimum absolute atomic E-state index is 0.225. The van der Waals surface area contributed by atoms with Gasteiger partial charge in [0.05, 0.1) is 13.2 Å². The predicted molar refractivity (Wildman–Crippen MR) is 128 cm³/mol. The van der Waals surface area contributed by atoms with Crippen LogP contribution < -0.4 is 20.1 Å². The lowest BCUT2D eigenvalue weighted by atomic mass is 10.2. The smallest absolute Gasteiger partial charge is 0.257 e. The summed E-state index contributed by atoms with van der Waals surface area (Å²) in [4.78, 5) is 12.4. The van der Waals surface area contributed by atoms with Gasteiger partial charge in [0.1, 0.15) is 11.5 Å². The lowest BCUT2D eigenvalue weighted by Crippen LogP contribution is -2.34. The number of carbonyl (C=O) groups is 1. The van der Waals surface area contributed by atoms with Gasteiger partial charge < -0.3 is 14.8 Å². The fraction of sp³-hybridized carbons (Fsp3) is 0.200. The molecule has 2 N–H and O–H groups in total. The first-order valence-corrected chi connectivity index (χ1v) is 10.7. The summed E-state index contributed by atoms with van der Waals surface area (Å²) in [6.45, 7) is 3.24. The molecule has 0 fully saturated rings. The van der Waals surface area contributed by atoms with Crippen molar-refractivity contribution in [3.8, 4) is 11.5 Å². The molecule has 0 radical (unpaired) electrons. The van der Waals surface area contributed by atoms with Gasteiger partial charge in [0.2, 0.25) is 0 Å². The molecule has 0 saturated heterocycles. The predicted octanol–water partition coefficient (Wildman–Crippen LogP) is 5.22. The molecule has 0 aliphatic carbocycles. The molecule has 0 atom stereocenters. The van der Waals surface area contributed by atoms with Crippen LogP contribution >= 0.6 is 12.2 Å². The zero-order chi connectivity index (χ0) is 21.9. The van der Waals surface area contributed by atoms with Gasteiger partial charge in [0.15, 0.2) is 5.11 Å². The van der Waals surface area contributed by atoms with Crippen LogP contribution in [0.3, 0.4) is 0 Å². The van der Waals surface area contributed by atoms with Crippen molar-refractivity contribution in [1.82, 2.24) is 5.32 Å². The van der Waals surface area contributed by atoms with E-state index in [0.29, 0.717) is 24.5 Å². The van der Waals surface area contributed by atoms with Crippen molar-refractivity contribution < 1.29 is 14.3 Å². The van der Waals surface area contributed by atoms with Gasteiger partial charge in [-0.05, 0) is 66.7 Å². The van der Waals surface area contributed by atoms with Gasteiger partial charge >= 0.3 is 0 Å². The van der Waals surface area contributed by atoms with Crippen molar-refractivity contribution in [1.29, 1.82) is 0 Å². The maximum absolute atomic E-state index is 12.4. The molecule has 0 spiro atoms. The standard InChI is InChI=1S/C25H26N2O3S/c1-2-16-29-23-10-6-9-20(18-23)24(28)27-25(31)26-21-11-13-22(14-12-21)30-17-15-19-7-4-3-5-8-19/h3-14,18H,2,15-17H2,1H3,(H2,26,27,28,31). The Morgan fingerprint density at radius 1 is 0.871 bits per heavy atom. The summed E-state index contributed by atoms with van der Waals surface area (Å²) in [5.41, 5.74) is 2.49. The summed E-state index contributed by atoms with van der Waals surface area (Å²) in [6.07, 6.45) is 1.75. The molecule has 3 aromatic carbocycles. The molecule has 31 heavy (non-hydrogen) atoms. The summed E-state index contributed by atoms with van der Waals surface area (Å²) < 4.78 is 11.4. The van der Waals surface area contributed by atoms with E-state index < -0.39 is 0 Å². The number of amides is 1. The normalized spacial score (nSPS) is 10.2. The zero-order valence-corrected chi connectivity index (χ0v) is 18.3. The highest BCUT2D eigenvalue weighted by atomic mass is 32.1. The highest BCUT2D eigenvalue weighted by Gasteiger charge is 2.09. The Balaban J connectivity index is 1.46. The van der Waals surface area contributed by atoms with E-state index in [1.54, 1.807) is 18.2 Å². The number of ether oxygens (including phenoxy) is 2. The molecule has 0 aliphatic heterocycles. The molecule has 3 rings (SSSR count). The van der Waals surface area contributed by atoms with E-state index in [1.165, 1.54) is 5.56 Å². The first-order valence-electron chi connectivity index (χ1n) is 10.3. The average Bonchev–Trinajstić information content (AvgIpc) is 2.79. The highest BCUT2D eigenvalue weighted by molar-refractivity contribution is 7.80. The second kappa shape index (κ2) is 11.7. The molecule has 0 aromatic heterocycles. The Morgan fingerprint density at radius 2 is 1.61 bits per heavy atom. The number of benzene rings is 3. The number of nitrogens with one attached hydrogen (secondary N) is 2. The fourth-order valence-electron chi connectivity index (χ4n) is 2.85. The SMILES string of the molecule is CCCOc1cccc(C(=O)NC(=S)Nc2ccc(OCCc3ccccc3)cc2)c1. The van der Waals surface area contributed by atoms with Crippen LogP contribution in [0.1, 0.15) is 29.3 Å². The van der Waals surface area contributed by atoms with E-state index in [1.807, 2.05) is 55.5 Å². The molecule has 0 saturated carbocycles. The monoisotopic (exact) mass is 434 g/mol. The molecule has 160 valence electrons. The minimum Gasteiger partial charge on any atom is -0.494 e. The molecule has 0 heterocycles. The van der Waals surface area contributed by atoms with E-state index >= 15 is 0 Å². The molecule has 0 unspecified atom stereocenters. The zero-order valence-electron chi connectivity index (χ0n) is 17.5. The third-order valence-electron chi connectivity index (χ3n) is 4.41. The van der Waals surface area contributed by atoms with Crippen LogP contribution in [0.25, 0.3) is 0 Å². The van der Waals surface area contributed by atoms with Crippen molar-refractivity contribution in [3.05, 3.63) is 90.0 Å². The summed E-state index contributed by atoms with van der Waals surface area (Å²) >= 11 is 5.27. The Kier molecular flexibility index (Phi) is 8.43. The Morgan fingerprint density at radius 3 is 2.35 bits per heavy atom. The number of hydrogen-bond acceptors (Lipinski definition) is 4. The largest absolute Gasteiger partial charge is 0.494 e. The van der Waals surface area contributed by atoms with Crippen molar-refractivity contribution in [2.45, 2.75) is 19.8 Å². The van der Waals surface area contributed by atoms with Gasteiger partial charge in [0, 0.05) is 17.7 Å². The van der Waals surface area contributed by atoms with Gasteiger partial charge in [0.25, 0.3) is 5.91 Å². The highest BCUT2D eigenvalue weighted by Crippen LogP contribution is 2.17. The number of anilines is 1. The molecule has 3 aromatic rings. The van der Waals surface area contributed by atoms with E-state index in [9.17, 15) is 4.79 Å². The molecular weight excluding hydrogens is 408 g/mol. The number of carbonyl (C=O) groups excluding carboxylic acids is 1. The van der Waals surface area contributed by atoms with Crippen LogP contribution in [0.5, 0.6) is 11.5 Å². The molecule has 0 bridgehead atoms. The maximum Gasteiger partial charge on any atom is 0.257 e. The second-order valence-corrected chi connectivity index (χ2v) is 7.30. The van der Waals surface area contributed by atoms with Crippen molar-refractivity contribution in [2.75, 3.05) is 18.5 Å². The first kappa shape index (κ1) is 22.3. The Hall–Kier alpha value is -3.38. The van der Waals surface area contributed by atoms with Crippen molar-refractivity contribution >= 4 is 28.9 Å². The van der Waals surface area contributed by atoms with Gasteiger partial charge in [-0.3, -0.25) is 10.1 Å². The second-order valence-electron chi connectivity index (χ2n) is 6.89. The van der Waals surface area contributed by atoms with Gasteiger partial charge in [-0.25, -0.2) is 0 Å². The lowest BCUT2D eigenvalue weighted by Gasteiger charge is -2.11. The van der Waals surface area contributed by atoms with Crippen LogP contribution in [0.15, 0.2) is 78.9 Å². The van der Waals surface area contributed by atoms with Crippen molar-refractivity contribution in [2.24, 2.45) is 0 Å².